The van der Waals surface area contributed by atoms with Crippen molar-refractivity contribution in [1.29, 1.82) is 0 Å². The highest BCUT2D eigenvalue weighted by molar-refractivity contribution is 5.90. The van der Waals surface area contributed by atoms with Gasteiger partial charge in [-0.3, -0.25) is 4.79 Å². The van der Waals surface area contributed by atoms with E-state index >= 15 is 0 Å². The Kier molecular flexibility index (Phi) is 6.51. The van der Waals surface area contributed by atoms with Crippen LogP contribution in [0.1, 0.15) is 24.6 Å². The Bertz CT molecular complexity index is 1530. The smallest absolute Gasteiger partial charge is 0.246 e. The first kappa shape index (κ1) is 23.9. The lowest BCUT2D eigenvalue weighted by atomic mass is 9.98. The van der Waals surface area contributed by atoms with Crippen LogP contribution in [0.25, 0.3) is 16.6 Å². The fraction of sp³-hybridized carbons (Fsp3) is 0.179. The number of nitrogens with one attached hydrogen (secondary N) is 1. The Morgan fingerprint density at radius 2 is 2.05 bits per heavy atom. The number of carbonyl (C=O) groups excluding carboxylic acids is 1. The van der Waals surface area contributed by atoms with E-state index in [0.29, 0.717) is 41.6 Å². The molecule has 0 spiro atoms. The molecule has 1 aliphatic heterocycles. The second-order valence-corrected chi connectivity index (χ2v) is 8.89. The average molecular weight is 494 g/mol. The van der Waals surface area contributed by atoms with Gasteiger partial charge >= 0.3 is 0 Å². The van der Waals surface area contributed by atoms with Crippen molar-refractivity contribution in [2.24, 2.45) is 0 Å². The predicted octanol–water partition coefficient (Wildman–Crippen LogP) is 5.04. The summed E-state index contributed by atoms with van der Waals surface area (Å²) >= 11 is 0. The highest BCUT2D eigenvalue weighted by Crippen LogP contribution is 2.31. The molecule has 9 heteroatoms. The number of fused-ring (bicyclic) bond motifs is 1. The van der Waals surface area contributed by atoms with Crippen molar-refractivity contribution in [3.63, 3.8) is 0 Å². The standard InChI is InChI=1S/C28H27N7O2/c1-4-26(36)35-12-10-19(14-18(35)3)22-6-7-23-27(34-22)28(32-16-31-23)33-20-5-8-24(17(2)13-20)37-21-9-11-30-25(29)15-21/h4-11,13,15-16,18H,1,12,14H2,2-3H3,(H2,29,30)(H,31,32,33)/t18-/m0/s1. The van der Waals surface area contributed by atoms with Gasteiger partial charge in [0.2, 0.25) is 5.91 Å². The minimum atomic E-state index is -0.0641. The number of hydrogen-bond acceptors (Lipinski definition) is 8. The lowest BCUT2D eigenvalue weighted by molar-refractivity contribution is -0.127. The van der Waals surface area contributed by atoms with Gasteiger partial charge in [-0.1, -0.05) is 12.7 Å². The van der Waals surface area contributed by atoms with Crippen LogP contribution in [0.2, 0.25) is 0 Å². The quantitative estimate of drug-likeness (QED) is 0.359. The fourth-order valence-electron chi connectivity index (χ4n) is 4.34. The first-order valence-electron chi connectivity index (χ1n) is 11.9. The number of nitrogen functional groups attached to an aromatic ring is 1. The topological polar surface area (TPSA) is 119 Å². The second kappa shape index (κ2) is 10.1. The van der Waals surface area contributed by atoms with Crippen LogP contribution in [0.15, 0.2) is 73.7 Å². The number of rotatable bonds is 6. The minimum Gasteiger partial charge on any atom is -0.457 e. The molecular formula is C28H27N7O2. The summed E-state index contributed by atoms with van der Waals surface area (Å²) in [4.78, 5) is 31.6. The highest BCUT2D eigenvalue weighted by Gasteiger charge is 2.23. The summed E-state index contributed by atoms with van der Waals surface area (Å²) in [6.07, 6.45) is 7.24. The number of amides is 1. The Labute approximate surface area is 214 Å². The number of hydrogen-bond donors (Lipinski definition) is 2. The maximum Gasteiger partial charge on any atom is 0.246 e. The summed E-state index contributed by atoms with van der Waals surface area (Å²) in [5, 5.41) is 3.37. The zero-order chi connectivity index (χ0) is 25.9. The van der Waals surface area contributed by atoms with Gasteiger partial charge in [0.15, 0.2) is 5.82 Å². The molecule has 0 radical (unpaired) electrons. The molecule has 5 rings (SSSR count). The zero-order valence-electron chi connectivity index (χ0n) is 20.7. The molecule has 1 aromatic carbocycles. The van der Waals surface area contributed by atoms with Crippen molar-refractivity contribution >= 4 is 39.8 Å². The van der Waals surface area contributed by atoms with Gasteiger partial charge in [0.05, 0.1) is 11.2 Å². The van der Waals surface area contributed by atoms with E-state index in [4.69, 9.17) is 15.5 Å². The van der Waals surface area contributed by atoms with E-state index in [1.165, 1.54) is 12.4 Å². The Morgan fingerprint density at radius 3 is 2.81 bits per heavy atom. The molecule has 3 aromatic heterocycles. The minimum absolute atomic E-state index is 0.0555. The number of pyridine rings is 2. The van der Waals surface area contributed by atoms with Crippen molar-refractivity contribution in [1.82, 2.24) is 24.8 Å². The molecule has 1 atom stereocenters. The molecule has 0 bridgehead atoms. The van der Waals surface area contributed by atoms with E-state index in [2.05, 4.69) is 26.8 Å². The maximum atomic E-state index is 12.1. The Hall–Kier alpha value is -4.79. The fourth-order valence-corrected chi connectivity index (χ4v) is 4.34. The van der Waals surface area contributed by atoms with Gasteiger partial charge in [-0.2, -0.15) is 0 Å². The summed E-state index contributed by atoms with van der Waals surface area (Å²) in [5.74, 6) is 2.28. The van der Waals surface area contributed by atoms with Gasteiger partial charge in [-0.25, -0.2) is 19.9 Å². The van der Waals surface area contributed by atoms with Crippen LogP contribution >= 0.6 is 0 Å². The maximum absolute atomic E-state index is 12.1. The third kappa shape index (κ3) is 5.11. The first-order chi connectivity index (χ1) is 17.9. The van der Waals surface area contributed by atoms with E-state index in [-0.39, 0.29) is 11.9 Å². The summed E-state index contributed by atoms with van der Waals surface area (Å²) < 4.78 is 5.96. The normalized spacial score (nSPS) is 15.2. The molecule has 4 aromatic rings. The summed E-state index contributed by atoms with van der Waals surface area (Å²) in [7, 11) is 0. The molecule has 1 amide bonds. The van der Waals surface area contributed by atoms with Crippen LogP contribution in [0.5, 0.6) is 11.5 Å². The van der Waals surface area contributed by atoms with Crippen molar-refractivity contribution < 1.29 is 9.53 Å². The average Bonchev–Trinajstić information content (AvgIpc) is 2.90. The number of ether oxygens (including phenoxy) is 1. The molecule has 0 aliphatic carbocycles. The van der Waals surface area contributed by atoms with E-state index in [1.807, 2.05) is 50.3 Å². The number of aryl methyl sites for hydroxylation is 1. The van der Waals surface area contributed by atoms with Gasteiger partial charge < -0.3 is 20.7 Å². The highest BCUT2D eigenvalue weighted by atomic mass is 16.5. The second-order valence-electron chi connectivity index (χ2n) is 8.89. The van der Waals surface area contributed by atoms with Gasteiger partial charge in [0.1, 0.15) is 29.2 Å². The van der Waals surface area contributed by atoms with Crippen LogP contribution in [0, 0.1) is 6.92 Å². The van der Waals surface area contributed by atoms with Crippen molar-refractivity contribution in [3.05, 3.63) is 85.0 Å². The van der Waals surface area contributed by atoms with Gasteiger partial charge in [-0.05, 0) is 73.9 Å². The molecule has 3 N–H and O–H groups in total. The zero-order valence-corrected chi connectivity index (χ0v) is 20.7. The molecule has 1 aliphatic rings. The molecular weight excluding hydrogens is 466 g/mol. The molecule has 4 heterocycles. The predicted molar refractivity (Wildman–Crippen MR) is 144 cm³/mol. The molecule has 0 saturated carbocycles. The van der Waals surface area contributed by atoms with E-state index in [9.17, 15) is 4.79 Å². The molecule has 9 nitrogen and oxygen atoms in total. The van der Waals surface area contributed by atoms with E-state index in [0.717, 1.165) is 28.0 Å². The van der Waals surface area contributed by atoms with E-state index in [1.54, 1.807) is 23.2 Å². The SMILES string of the molecule is C=CC(=O)N1CC=C(c2ccc3ncnc(Nc4ccc(Oc5ccnc(N)c5)c(C)c4)c3n2)C[C@@H]1C. The van der Waals surface area contributed by atoms with Crippen molar-refractivity contribution in [3.8, 4) is 11.5 Å². The van der Waals surface area contributed by atoms with Gasteiger partial charge in [-0.15, -0.1) is 0 Å². The first-order valence-corrected chi connectivity index (χ1v) is 11.9. The number of nitrogens with two attached hydrogens (primary N) is 1. The molecule has 0 unspecified atom stereocenters. The summed E-state index contributed by atoms with van der Waals surface area (Å²) in [5.41, 5.74) is 10.9. The van der Waals surface area contributed by atoms with Crippen molar-refractivity contribution in [2.45, 2.75) is 26.3 Å². The molecule has 0 saturated heterocycles. The van der Waals surface area contributed by atoms with E-state index < -0.39 is 0 Å². The number of benzene rings is 1. The van der Waals surface area contributed by atoms with Crippen LogP contribution in [-0.2, 0) is 4.79 Å². The number of aromatic nitrogens is 4. The number of nitrogens with zero attached hydrogens (tertiary/aromatic N) is 5. The molecule has 186 valence electrons. The summed E-state index contributed by atoms with van der Waals surface area (Å²) in [6, 6.07) is 13.2. The van der Waals surface area contributed by atoms with Crippen LogP contribution in [0.3, 0.4) is 0 Å². The monoisotopic (exact) mass is 493 g/mol. The number of carbonyl (C=O) groups is 1. The lowest BCUT2D eigenvalue weighted by Gasteiger charge is -2.32. The van der Waals surface area contributed by atoms with Crippen LogP contribution < -0.4 is 15.8 Å². The van der Waals surface area contributed by atoms with Crippen LogP contribution in [-0.4, -0.2) is 43.3 Å². The van der Waals surface area contributed by atoms with Gasteiger partial charge in [0.25, 0.3) is 0 Å². The molecule has 0 fully saturated rings. The third-order valence-corrected chi connectivity index (χ3v) is 6.27. The summed E-state index contributed by atoms with van der Waals surface area (Å²) in [6.45, 7) is 8.13. The van der Waals surface area contributed by atoms with Crippen molar-refractivity contribution in [2.75, 3.05) is 17.6 Å². The lowest BCUT2D eigenvalue weighted by Crippen LogP contribution is -2.40. The Balaban J connectivity index is 1.40. The molecule has 37 heavy (non-hydrogen) atoms. The largest absolute Gasteiger partial charge is 0.457 e. The van der Waals surface area contributed by atoms with Crippen LogP contribution in [0.4, 0.5) is 17.3 Å². The third-order valence-electron chi connectivity index (χ3n) is 6.27. The number of anilines is 3. The Morgan fingerprint density at radius 1 is 1.19 bits per heavy atom. The van der Waals surface area contributed by atoms with Gasteiger partial charge in [0, 0.05) is 30.5 Å².